The fraction of sp³-hybridized carbons (Fsp3) is 0.214. The van der Waals surface area contributed by atoms with E-state index in [2.05, 4.69) is 31.7 Å². The molecule has 20 heavy (non-hydrogen) atoms. The van der Waals surface area contributed by atoms with Gasteiger partial charge in [-0.05, 0) is 32.0 Å². The number of fused-ring (bicyclic) bond motifs is 1. The lowest BCUT2D eigenvalue weighted by atomic mass is 10.3. The van der Waals surface area contributed by atoms with Crippen molar-refractivity contribution in [2.75, 3.05) is 17.2 Å². The molecule has 0 aliphatic carbocycles. The van der Waals surface area contributed by atoms with Crippen LogP contribution in [0.2, 0.25) is 0 Å². The number of nitrogens with zero attached hydrogens (tertiary/aromatic N) is 3. The van der Waals surface area contributed by atoms with Gasteiger partial charge >= 0.3 is 0 Å². The molecule has 0 aliphatic heterocycles. The van der Waals surface area contributed by atoms with Crippen LogP contribution in [0.1, 0.15) is 12.6 Å². The molecular formula is C14H15N5S. The van der Waals surface area contributed by atoms with Gasteiger partial charge < -0.3 is 10.6 Å². The summed E-state index contributed by atoms with van der Waals surface area (Å²) in [7, 11) is 0. The second-order valence-corrected chi connectivity index (χ2v) is 5.29. The van der Waals surface area contributed by atoms with Crippen molar-refractivity contribution < 1.29 is 0 Å². The van der Waals surface area contributed by atoms with Crippen molar-refractivity contribution in [3.05, 3.63) is 35.5 Å². The minimum atomic E-state index is 0.647. The zero-order chi connectivity index (χ0) is 13.9. The van der Waals surface area contributed by atoms with Crippen LogP contribution < -0.4 is 10.6 Å². The van der Waals surface area contributed by atoms with Gasteiger partial charge in [-0.15, -0.1) is 11.3 Å². The van der Waals surface area contributed by atoms with E-state index in [1.165, 1.54) is 0 Å². The lowest BCUT2D eigenvalue weighted by Gasteiger charge is -2.09. The van der Waals surface area contributed by atoms with Crippen molar-refractivity contribution >= 4 is 39.0 Å². The Labute approximate surface area is 121 Å². The topological polar surface area (TPSA) is 62.7 Å². The minimum Gasteiger partial charge on any atom is -0.354 e. The summed E-state index contributed by atoms with van der Waals surface area (Å²) in [6.45, 7) is 4.78. The Morgan fingerprint density at radius 1 is 1.20 bits per heavy atom. The second kappa shape index (κ2) is 5.42. The van der Waals surface area contributed by atoms with Crippen LogP contribution in [0.25, 0.3) is 10.2 Å². The zero-order valence-corrected chi connectivity index (χ0v) is 12.2. The number of thiazole rings is 1. The molecule has 3 rings (SSSR count). The first-order valence-corrected chi connectivity index (χ1v) is 7.32. The SMILES string of the molecule is CCNc1nc(C)cc(Nc2ccc3ncsc3c2)n1. The Bertz CT molecular complexity index is 737. The fourth-order valence-corrected chi connectivity index (χ4v) is 2.67. The van der Waals surface area contributed by atoms with E-state index in [9.17, 15) is 0 Å². The molecule has 0 bridgehead atoms. The van der Waals surface area contributed by atoms with Gasteiger partial charge in [0.15, 0.2) is 0 Å². The van der Waals surface area contributed by atoms with Gasteiger partial charge in [-0.3, -0.25) is 0 Å². The molecule has 0 saturated heterocycles. The molecule has 2 heterocycles. The van der Waals surface area contributed by atoms with Crippen molar-refractivity contribution in [3.8, 4) is 0 Å². The smallest absolute Gasteiger partial charge is 0.224 e. The summed E-state index contributed by atoms with van der Waals surface area (Å²) in [5, 5.41) is 6.44. The van der Waals surface area contributed by atoms with Crippen LogP contribution in [-0.2, 0) is 0 Å². The normalized spacial score (nSPS) is 10.7. The molecule has 1 aromatic carbocycles. The van der Waals surface area contributed by atoms with Crippen LogP contribution >= 0.6 is 11.3 Å². The third-order valence-corrected chi connectivity index (χ3v) is 3.58. The molecule has 0 amide bonds. The Kier molecular flexibility index (Phi) is 3.47. The van der Waals surface area contributed by atoms with Crippen molar-refractivity contribution in [1.29, 1.82) is 0 Å². The lowest BCUT2D eigenvalue weighted by molar-refractivity contribution is 1.05. The summed E-state index contributed by atoms with van der Waals surface area (Å²) in [6.07, 6.45) is 0. The van der Waals surface area contributed by atoms with Gasteiger partial charge in [-0.25, -0.2) is 9.97 Å². The number of hydrogen-bond acceptors (Lipinski definition) is 6. The molecule has 5 nitrogen and oxygen atoms in total. The summed E-state index contributed by atoms with van der Waals surface area (Å²) < 4.78 is 1.16. The highest BCUT2D eigenvalue weighted by atomic mass is 32.1. The molecular weight excluding hydrogens is 270 g/mol. The van der Waals surface area contributed by atoms with Crippen molar-refractivity contribution in [1.82, 2.24) is 15.0 Å². The van der Waals surface area contributed by atoms with Crippen LogP contribution in [0, 0.1) is 6.92 Å². The molecule has 3 aromatic rings. The highest BCUT2D eigenvalue weighted by Gasteiger charge is 2.03. The molecule has 0 atom stereocenters. The number of anilines is 3. The predicted molar refractivity (Wildman–Crippen MR) is 83.8 cm³/mol. The number of hydrogen-bond donors (Lipinski definition) is 2. The van der Waals surface area contributed by atoms with Gasteiger partial charge in [0.25, 0.3) is 0 Å². The van der Waals surface area contributed by atoms with E-state index in [1.807, 2.05) is 37.6 Å². The molecule has 0 aliphatic rings. The van der Waals surface area contributed by atoms with E-state index >= 15 is 0 Å². The second-order valence-electron chi connectivity index (χ2n) is 4.41. The highest BCUT2D eigenvalue weighted by Crippen LogP contribution is 2.24. The monoisotopic (exact) mass is 285 g/mol. The molecule has 0 spiro atoms. The Morgan fingerprint density at radius 2 is 2.10 bits per heavy atom. The average molecular weight is 285 g/mol. The van der Waals surface area contributed by atoms with Gasteiger partial charge in [0.05, 0.1) is 15.7 Å². The predicted octanol–water partition coefficient (Wildman–Crippen LogP) is 3.57. The first-order valence-electron chi connectivity index (χ1n) is 6.44. The van der Waals surface area contributed by atoms with Crippen LogP contribution in [-0.4, -0.2) is 21.5 Å². The highest BCUT2D eigenvalue weighted by molar-refractivity contribution is 7.16. The maximum Gasteiger partial charge on any atom is 0.224 e. The quantitative estimate of drug-likeness (QED) is 0.767. The lowest BCUT2D eigenvalue weighted by Crippen LogP contribution is -2.05. The third kappa shape index (κ3) is 2.70. The summed E-state index contributed by atoms with van der Waals surface area (Å²) in [5.74, 6) is 1.44. The van der Waals surface area contributed by atoms with E-state index in [4.69, 9.17) is 0 Å². The minimum absolute atomic E-state index is 0.647. The molecule has 0 radical (unpaired) electrons. The van der Waals surface area contributed by atoms with Crippen LogP contribution in [0.4, 0.5) is 17.5 Å². The molecule has 6 heteroatoms. The zero-order valence-electron chi connectivity index (χ0n) is 11.3. The van der Waals surface area contributed by atoms with E-state index in [0.29, 0.717) is 5.95 Å². The van der Waals surface area contributed by atoms with Crippen molar-refractivity contribution in [2.45, 2.75) is 13.8 Å². The molecule has 0 fully saturated rings. The first kappa shape index (κ1) is 12.8. The van der Waals surface area contributed by atoms with Crippen LogP contribution in [0.3, 0.4) is 0 Å². The number of aryl methyl sites for hydroxylation is 1. The molecule has 2 aromatic heterocycles. The summed E-state index contributed by atoms with van der Waals surface area (Å²) in [4.78, 5) is 13.1. The Hall–Kier alpha value is -2.21. The van der Waals surface area contributed by atoms with E-state index in [1.54, 1.807) is 11.3 Å². The molecule has 0 saturated carbocycles. The fourth-order valence-electron chi connectivity index (χ4n) is 1.95. The summed E-state index contributed by atoms with van der Waals surface area (Å²) >= 11 is 1.63. The van der Waals surface area contributed by atoms with Crippen LogP contribution in [0.15, 0.2) is 29.8 Å². The van der Waals surface area contributed by atoms with Gasteiger partial charge in [-0.2, -0.15) is 4.98 Å². The van der Waals surface area contributed by atoms with E-state index in [-0.39, 0.29) is 0 Å². The third-order valence-electron chi connectivity index (χ3n) is 2.79. The number of benzene rings is 1. The first-order chi connectivity index (χ1) is 9.74. The number of nitrogens with one attached hydrogen (secondary N) is 2. The van der Waals surface area contributed by atoms with Crippen molar-refractivity contribution in [2.24, 2.45) is 0 Å². The maximum atomic E-state index is 4.44. The standard InChI is InChI=1S/C14H15N5S/c1-3-15-14-17-9(2)6-13(19-14)18-10-4-5-11-12(7-10)20-8-16-11/h4-8H,3H2,1-2H3,(H2,15,17,18,19). The van der Waals surface area contributed by atoms with Crippen molar-refractivity contribution in [3.63, 3.8) is 0 Å². The Balaban J connectivity index is 1.89. The van der Waals surface area contributed by atoms with Gasteiger partial charge in [-0.1, -0.05) is 0 Å². The van der Waals surface area contributed by atoms with Gasteiger partial charge in [0.2, 0.25) is 5.95 Å². The average Bonchev–Trinajstić information content (AvgIpc) is 2.85. The number of aromatic nitrogens is 3. The van der Waals surface area contributed by atoms with Crippen LogP contribution in [0.5, 0.6) is 0 Å². The molecule has 0 unspecified atom stereocenters. The van der Waals surface area contributed by atoms with E-state index in [0.717, 1.165) is 34.0 Å². The van der Waals surface area contributed by atoms with Gasteiger partial charge in [0.1, 0.15) is 5.82 Å². The van der Waals surface area contributed by atoms with E-state index < -0.39 is 0 Å². The Morgan fingerprint density at radius 3 is 2.95 bits per heavy atom. The number of rotatable bonds is 4. The van der Waals surface area contributed by atoms with Gasteiger partial charge in [0, 0.05) is 24.0 Å². The largest absolute Gasteiger partial charge is 0.354 e. The molecule has 2 N–H and O–H groups in total. The summed E-state index contributed by atoms with van der Waals surface area (Å²) in [6, 6.07) is 8.02. The molecule has 102 valence electrons. The maximum absolute atomic E-state index is 4.44. The summed E-state index contributed by atoms with van der Waals surface area (Å²) in [5.41, 5.74) is 4.80.